The maximum Gasteiger partial charge on any atom is 0.0459 e. The molecule has 2 N–H and O–H groups in total. The summed E-state index contributed by atoms with van der Waals surface area (Å²) in [5.41, 5.74) is 0. The Labute approximate surface area is 152 Å². The highest BCUT2D eigenvalue weighted by Crippen LogP contribution is 2.19. The first kappa shape index (κ1) is 23.9. The molecule has 0 saturated heterocycles. The average molecular weight is 343 g/mol. The molecule has 0 rings (SSSR count). The van der Waals surface area contributed by atoms with E-state index in [1.807, 2.05) is 0 Å². The Morgan fingerprint density at radius 1 is 0.500 bits per heavy atom. The molecule has 1 atom stereocenters. The summed E-state index contributed by atoms with van der Waals surface area (Å²) in [5, 5.41) is 18.3. The number of rotatable bonds is 20. The minimum atomic E-state index is 0.339. The molecular formula is C22H46O2. The van der Waals surface area contributed by atoms with Gasteiger partial charge in [-0.25, -0.2) is 0 Å². The van der Waals surface area contributed by atoms with E-state index >= 15 is 0 Å². The van der Waals surface area contributed by atoms with Gasteiger partial charge < -0.3 is 10.2 Å². The fourth-order valence-corrected chi connectivity index (χ4v) is 3.50. The van der Waals surface area contributed by atoms with Crippen molar-refractivity contribution in [2.24, 2.45) is 5.92 Å². The minimum absolute atomic E-state index is 0.339. The van der Waals surface area contributed by atoms with E-state index in [4.69, 9.17) is 5.11 Å². The monoisotopic (exact) mass is 342 g/mol. The third kappa shape index (κ3) is 18.3. The van der Waals surface area contributed by atoms with E-state index < -0.39 is 0 Å². The summed E-state index contributed by atoms with van der Waals surface area (Å²) >= 11 is 0. The fourth-order valence-electron chi connectivity index (χ4n) is 3.50. The number of hydrogen-bond acceptors (Lipinski definition) is 2. The van der Waals surface area contributed by atoms with Crippen LogP contribution in [-0.4, -0.2) is 23.4 Å². The van der Waals surface area contributed by atoms with Crippen LogP contribution >= 0.6 is 0 Å². The summed E-state index contributed by atoms with van der Waals surface area (Å²) in [6.45, 7) is 2.99. The molecule has 0 aliphatic carbocycles. The molecule has 0 spiro atoms. The second-order valence-electron chi connectivity index (χ2n) is 7.65. The number of aliphatic hydroxyl groups is 2. The van der Waals surface area contributed by atoms with Crippen LogP contribution in [-0.2, 0) is 0 Å². The molecule has 0 aliphatic heterocycles. The van der Waals surface area contributed by atoms with Gasteiger partial charge in [0, 0.05) is 13.2 Å². The van der Waals surface area contributed by atoms with E-state index in [0.717, 1.165) is 6.42 Å². The van der Waals surface area contributed by atoms with E-state index in [9.17, 15) is 5.11 Å². The van der Waals surface area contributed by atoms with Crippen LogP contribution < -0.4 is 0 Å². The van der Waals surface area contributed by atoms with Gasteiger partial charge in [-0.2, -0.15) is 0 Å². The topological polar surface area (TPSA) is 40.5 Å². The van der Waals surface area contributed by atoms with Gasteiger partial charge >= 0.3 is 0 Å². The number of hydrogen-bond donors (Lipinski definition) is 2. The Bertz CT molecular complexity index is 218. The van der Waals surface area contributed by atoms with Crippen molar-refractivity contribution < 1.29 is 10.2 Å². The zero-order valence-corrected chi connectivity index (χ0v) is 16.6. The van der Waals surface area contributed by atoms with Crippen LogP contribution in [0.5, 0.6) is 0 Å². The highest BCUT2D eigenvalue weighted by atomic mass is 16.3. The Morgan fingerprint density at radius 2 is 0.875 bits per heavy atom. The lowest BCUT2D eigenvalue weighted by Gasteiger charge is -2.13. The lowest BCUT2D eigenvalue weighted by Crippen LogP contribution is -2.06. The van der Waals surface area contributed by atoms with Crippen LogP contribution in [0.1, 0.15) is 122 Å². The first-order valence-corrected chi connectivity index (χ1v) is 11.1. The van der Waals surface area contributed by atoms with Gasteiger partial charge in [0.25, 0.3) is 0 Å². The van der Waals surface area contributed by atoms with Crippen molar-refractivity contribution in [1.82, 2.24) is 0 Å². The van der Waals surface area contributed by atoms with Crippen LogP contribution in [0.25, 0.3) is 0 Å². The van der Waals surface area contributed by atoms with Crippen molar-refractivity contribution in [3.63, 3.8) is 0 Å². The van der Waals surface area contributed by atoms with Crippen molar-refractivity contribution in [2.45, 2.75) is 122 Å². The highest BCUT2D eigenvalue weighted by molar-refractivity contribution is 4.59. The standard InChI is InChI=1S/C22H46O2/c1-2-3-4-5-6-7-8-9-12-15-18-22(21-24)19-16-13-10-11-14-17-20-23/h22-24H,2-21H2,1H3. The van der Waals surface area contributed by atoms with Crippen molar-refractivity contribution in [3.05, 3.63) is 0 Å². The Hall–Kier alpha value is -0.0800. The molecule has 1 unspecified atom stereocenters. The van der Waals surface area contributed by atoms with Gasteiger partial charge in [-0.1, -0.05) is 103 Å². The van der Waals surface area contributed by atoms with Crippen LogP contribution in [0, 0.1) is 5.92 Å². The quantitative estimate of drug-likeness (QED) is 0.244. The van der Waals surface area contributed by atoms with Gasteiger partial charge in [0.1, 0.15) is 0 Å². The normalized spacial score (nSPS) is 12.6. The Kier molecular flexibility index (Phi) is 20.9. The predicted molar refractivity (Wildman–Crippen MR) is 106 cm³/mol. The van der Waals surface area contributed by atoms with Gasteiger partial charge in [0.2, 0.25) is 0 Å². The van der Waals surface area contributed by atoms with Crippen molar-refractivity contribution in [2.75, 3.05) is 13.2 Å². The summed E-state index contributed by atoms with van der Waals surface area (Å²) in [6, 6.07) is 0. The zero-order valence-electron chi connectivity index (χ0n) is 16.6. The maximum absolute atomic E-state index is 9.51. The van der Waals surface area contributed by atoms with Crippen molar-refractivity contribution in [1.29, 1.82) is 0 Å². The summed E-state index contributed by atoms with van der Waals surface area (Å²) < 4.78 is 0. The van der Waals surface area contributed by atoms with Gasteiger partial charge in [0.05, 0.1) is 0 Å². The first-order valence-electron chi connectivity index (χ1n) is 11.1. The molecular weight excluding hydrogens is 296 g/mol. The van der Waals surface area contributed by atoms with Crippen LogP contribution in [0.4, 0.5) is 0 Å². The molecule has 0 aromatic rings. The first-order chi connectivity index (χ1) is 11.8. The second-order valence-corrected chi connectivity index (χ2v) is 7.65. The maximum atomic E-state index is 9.51. The van der Waals surface area contributed by atoms with Gasteiger partial charge in [0.15, 0.2) is 0 Å². The molecule has 0 bridgehead atoms. The molecule has 0 saturated carbocycles. The second kappa shape index (κ2) is 21.0. The van der Waals surface area contributed by atoms with Crippen molar-refractivity contribution in [3.8, 4) is 0 Å². The third-order valence-electron chi connectivity index (χ3n) is 5.24. The number of unbranched alkanes of at least 4 members (excludes halogenated alkanes) is 14. The summed E-state index contributed by atoms with van der Waals surface area (Å²) in [4.78, 5) is 0. The lowest BCUT2D eigenvalue weighted by atomic mass is 9.95. The molecule has 0 radical (unpaired) electrons. The van der Waals surface area contributed by atoms with Gasteiger partial charge in [-0.3, -0.25) is 0 Å². The summed E-state index contributed by atoms with van der Waals surface area (Å²) in [7, 11) is 0. The van der Waals surface area contributed by atoms with E-state index in [0.29, 0.717) is 19.1 Å². The van der Waals surface area contributed by atoms with E-state index in [2.05, 4.69) is 6.92 Å². The molecule has 0 heterocycles. The molecule has 0 amide bonds. The molecule has 0 aliphatic rings. The van der Waals surface area contributed by atoms with E-state index in [-0.39, 0.29) is 0 Å². The molecule has 0 aromatic carbocycles. The SMILES string of the molecule is CCCCCCCCCCCCC(CO)CCCCCCCCO. The van der Waals surface area contributed by atoms with E-state index in [1.54, 1.807) is 0 Å². The molecule has 24 heavy (non-hydrogen) atoms. The third-order valence-corrected chi connectivity index (χ3v) is 5.24. The highest BCUT2D eigenvalue weighted by Gasteiger charge is 2.06. The Balaban J connectivity index is 3.27. The fraction of sp³-hybridized carbons (Fsp3) is 1.00. The van der Waals surface area contributed by atoms with E-state index in [1.165, 1.54) is 109 Å². The predicted octanol–water partition coefficient (Wildman–Crippen LogP) is 6.63. The minimum Gasteiger partial charge on any atom is -0.396 e. The van der Waals surface area contributed by atoms with Crippen LogP contribution in [0.2, 0.25) is 0 Å². The summed E-state index contributed by atoms with van der Waals surface area (Å²) in [6.07, 6.45) is 23.5. The molecule has 2 heteroatoms. The van der Waals surface area contributed by atoms with Gasteiger partial charge in [-0.05, 0) is 25.2 Å². The molecule has 2 nitrogen and oxygen atoms in total. The number of aliphatic hydroxyl groups excluding tert-OH is 2. The lowest BCUT2D eigenvalue weighted by molar-refractivity contribution is 0.204. The molecule has 146 valence electrons. The smallest absolute Gasteiger partial charge is 0.0459 e. The zero-order chi connectivity index (χ0) is 17.7. The van der Waals surface area contributed by atoms with Gasteiger partial charge in [-0.15, -0.1) is 0 Å². The van der Waals surface area contributed by atoms with Crippen LogP contribution in [0.3, 0.4) is 0 Å². The molecule has 0 fully saturated rings. The van der Waals surface area contributed by atoms with Crippen molar-refractivity contribution >= 4 is 0 Å². The van der Waals surface area contributed by atoms with Crippen LogP contribution in [0.15, 0.2) is 0 Å². The molecule has 0 aromatic heterocycles. The summed E-state index contributed by atoms with van der Waals surface area (Å²) in [5.74, 6) is 0.538. The largest absolute Gasteiger partial charge is 0.396 e. The average Bonchev–Trinajstić information content (AvgIpc) is 2.60. The Morgan fingerprint density at radius 3 is 1.25 bits per heavy atom.